The van der Waals surface area contributed by atoms with Crippen LogP contribution in [0.3, 0.4) is 0 Å². The van der Waals surface area contributed by atoms with Crippen molar-refractivity contribution in [3.05, 3.63) is 17.7 Å². The molecule has 0 bridgehead atoms. The van der Waals surface area contributed by atoms with Gasteiger partial charge >= 0.3 is 5.97 Å². The standard InChI is InChI=1S/C15H17NO6/c1-4-19-15(17)12-8(2)13(22-16-12)9-5-10(18-3)14-11(6-9)20-7-21-14/h5-6,8,13H,4,7H2,1-3H3/t8-,13+/m0/s1. The van der Waals surface area contributed by atoms with Gasteiger partial charge < -0.3 is 23.8 Å². The second-order valence-corrected chi connectivity index (χ2v) is 4.97. The van der Waals surface area contributed by atoms with Gasteiger partial charge in [-0.25, -0.2) is 4.79 Å². The zero-order valence-corrected chi connectivity index (χ0v) is 12.6. The van der Waals surface area contributed by atoms with Crippen molar-refractivity contribution in [3.8, 4) is 17.2 Å². The number of benzene rings is 1. The first kappa shape index (κ1) is 14.5. The van der Waals surface area contributed by atoms with Gasteiger partial charge in [-0.3, -0.25) is 0 Å². The van der Waals surface area contributed by atoms with Crippen LogP contribution in [0.5, 0.6) is 17.2 Å². The lowest BCUT2D eigenvalue weighted by Gasteiger charge is -2.16. The van der Waals surface area contributed by atoms with Gasteiger partial charge in [-0.1, -0.05) is 12.1 Å². The summed E-state index contributed by atoms with van der Waals surface area (Å²) < 4.78 is 21.1. The Labute approximate surface area is 127 Å². The Morgan fingerprint density at radius 3 is 2.95 bits per heavy atom. The molecule has 0 unspecified atom stereocenters. The molecule has 1 aromatic carbocycles. The highest BCUT2D eigenvalue weighted by Gasteiger charge is 2.38. The predicted molar refractivity (Wildman–Crippen MR) is 76.2 cm³/mol. The fourth-order valence-electron chi connectivity index (χ4n) is 2.52. The van der Waals surface area contributed by atoms with Gasteiger partial charge in [0.05, 0.1) is 19.6 Å². The van der Waals surface area contributed by atoms with Crippen LogP contribution in [0.15, 0.2) is 17.3 Å². The van der Waals surface area contributed by atoms with Crippen LogP contribution in [0.25, 0.3) is 0 Å². The van der Waals surface area contributed by atoms with E-state index in [1.54, 1.807) is 20.1 Å². The largest absolute Gasteiger partial charge is 0.493 e. The molecule has 7 nitrogen and oxygen atoms in total. The number of rotatable bonds is 4. The number of fused-ring (bicyclic) bond motifs is 1. The third kappa shape index (κ3) is 2.32. The maximum absolute atomic E-state index is 11.8. The Hall–Kier alpha value is -2.44. The lowest BCUT2D eigenvalue weighted by Crippen LogP contribution is -2.24. The molecule has 22 heavy (non-hydrogen) atoms. The summed E-state index contributed by atoms with van der Waals surface area (Å²) in [4.78, 5) is 17.3. The Kier molecular flexibility index (Phi) is 3.79. The van der Waals surface area contributed by atoms with E-state index in [4.69, 9.17) is 23.8 Å². The first-order valence-corrected chi connectivity index (χ1v) is 7.04. The third-order valence-electron chi connectivity index (χ3n) is 3.64. The minimum Gasteiger partial charge on any atom is -0.493 e. The molecule has 1 aromatic rings. The summed E-state index contributed by atoms with van der Waals surface area (Å²) in [5, 5.41) is 3.87. The summed E-state index contributed by atoms with van der Waals surface area (Å²) in [6, 6.07) is 3.62. The van der Waals surface area contributed by atoms with Crippen molar-refractivity contribution in [2.45, 2.75) is 20.0 Å². The first-order chi connectivity index (χ1) is 10.7. The summed E-state index contributed by atoms with van der Waals surface area (Å²) in [5.74, 6) is 1.04. The highest BCUT2D eigenvalue weighted by Crippen LogP contribution is 2.45. The second kappa shape index (κ2) is 5.75. The molecule has 0 aromatic heterocycles. The Morgan fingerprint density at radius 2 is 2.23 bits per heavy atom. The number of oxime groups is 1. The van der Waals surface area contributed by atoms with E-state index in [-0.39, 0.29) is 18.4 Å². The number of esters is 1. The van der Waals surface area contributed by atoms with Crippen molar-refractivity contribution in [3.63, 3.8) is 0 Å². The topological polar surface area (TPSA) is 75.6 Å². The van der Waals surface area contributed by atoms with Crippen LogP contribution in [0.2, 0.25) is 0 Å². The van der Waals surface area contributed by atoms with E-state index in [0.29, 0.717) is 23.9 Å². The molecule has 0 fully saturated rings. The fourth-order valence-corrected chi connectivity index (χ4v) is 2.52. The number of carbonyl (C=O) groups is 1. The molecule has 2 heterocycles. The molecule has 0 spiro atoms. The van der Waals surface area contributed by atoms with Crippen LogP contribution >= 0.6 is 0 Å². The van der Waals surface area contributed by atoms with Gasteiger partial charge in [-0.15, -0.1) is 0 Å². The van der Waals surface area contributed by atoms with E-state index >= 15 is 0 Å². The smallest absolute Gasteiger partial charge is 0.356 e. The molecule has 0 saturated carbocycles. The van der Waals surface area contributed by atoms with Crippen LogP contribution < -0.4 is 14.2 Å². The summed E-state index contributed by atoms with van der Waals surface area (Å²) in [7, 11) is 1.56. The summed E-state index contributed by atoms with van der Waals surface area (Å²) in [6.45, 7) is 4.07. The number of hydrogen-bond donors (Lipinski definition) is 0. The maximum atomic E-state index is 11.8. The summed E-state index contributed by atoms with van der Waals surface area (Å²) in [5.41, 5.74) is 1.08. The second-order valence-electron chi connectivity index (χ2n) is 4.97. The number of nitrogens with zero attached hydrogens (tertiary/aromatic N) is 1. The molecule has 2 aliphatic heterocycles. The van der Waals surface area contributed by atoms with Crippen LogP contribution in [0.4, 0.5) is 0 Å². The minimum atomic E-state index is -0.454. The molecule has 0 N–H and O–H groups in total. The predicted octanol–water partition coefficient (Wildman–Crippen LogP) is 2.05. The van der Waals surface area contributed by atoms with E-state index in [1.807, 2.05) is 13.0 Å². The molecule has 7 heteroatoms. The average molecular weight is 307 g/mol. The van der Waals surface area contributed by atoms with Gasteiger partial charge in [0.2, 0.25) is 12.5 Å². The molecule has 0 radical (unpaired) electrons. The monoisotopic (exact) mass is 307 g/mol. The van der Waals surface area contributed by atoms with Gasteiger partial charge in [0.25, 0.3) is 0 Å². The Balaban J connectivity index is 1.86. The molecule has 118 valence electrons. The molecule has 2 atom stereocenters. The molecule has 0 saturated heterocycles. The van der Waals surface area contributed by atoms with Crippen molar-refractivity contribution in [1.29, 1.82) is 0 Å². The number of methoxy groups -OCH3 is 1. The third-order valence-corrected chi connectivity index (χ3v) is 3.64. The van der Waals surface area contributed by atoms with Gasteiger partial charge in [-0.2, -0.15) is 0 Å². The number of ether oxygens (including phenoxy) is 4. The minimum absolute atomic E-state index is 0.154. The van der Waals surface area contributed by atoms with E-state index in [1.165, 1.54) is 0 Å². The van der Waals surface area contributed by atoms with Crippen LogP contribution in [0, 0.1) is 5.92 Å². The zero-order chi connectivity index (χ0) is 15.7. The van der Waals surface area contributed by atoms with E-state index in [2.05, 4.69) is 5.16 Å². The molecule has 0 amide bonds. The zero-order valence-electron chi connectivity index (χ0n) is 12.6. The maximum Gasteiger partial charge on any atom is 0.356 e. The summed E-state index contributed by atoms with van der Waals surface area (Å²) >= 11 is 0. The quantitative estimate of drug-likeness (QED) is 0.792. The van der Waals surface area contributed by atoms with Crippen molar-refractivity contribution >= 4 is 11.7 Å². The van der Waals surface area contributed by atoms with E-state index < -0.39 is 12.1 Å². The van der Waals surface area contributed by atoms with Gasteiger partial charge in [0, 0.05) is 5.56 Å². The van der Waals surface area contributed by atoms with Crippen molar-refractivity contribution < 1.29 is 28.6 Å². The SMILES string of the molecule is CCOC(=O)C1=NO[C@@H](c2cc(OC)c3c(c2)OCO3)[C@H]1C. The molecule has 0 aliphatic carbocycles. The number of carbonyl (C=O) groups excluding carboxylic acids is 1. The normalized spacial score (nSPS) is 22.0. The van der Waals surface area contributed by atoms with Crippen LogP contribution in [0.1, 0.15) is 25.5 Å². The molecule has 2 aliphatic rings. The highest BCUT2D eigenvalue weighted by molar-refractivity contribution is 6.37. The molecular formula is C15H17NO6. The van der Waals surface area contributed by atoms with Gasteiger partial charge in [0.15, 0.2) is 23.3 Å². The van der Waals surface area contributed by atoms with Crippen molar-refractivity contribution in [1.82, 2.24) is 0 Å². The fraction of sp³-hybridized carbons (Fsp3) is 0.467. The highest BCUT2D eigenvalue weighted by atomic mass is 16.7. The van der Waals surface area contributed by atoms with Gasteiger partial charge in [-0.05, 0) is 19.1 Å². The molecule has 3 rings (SSSR count). The summed E-state index contributed by atoms with van der Waals surface area (Å²) in [6.07, 6.45) is -0.400. The van der Waals surface area contributed by atoms with Crippen molar-refractivity contribution in [2.24, 2.45) is 11.1 Å². The van der Waals surface area contributed by atoms with E-state index in [0.717, 1.165) is 5.56 Å². The lowest BCUT2D eigenvalue weighted by atomic mass is 9.93. The van der Waals surface area contributed by atoms with Crippen LogP contribution in [-0.2, 0) is 14.4 Å². The van der Waals surface area contributed by atoms with Crippen LogP contribution in [-0.4, -0.2) is 32.2 Å². The van der Waals surface area contributed by atoms with Crippen molar-refractivity contribution in [2.75, 3.05) is 20.5 Å². The lowest BCUT2D eigenvalue weighted by molar-refractivity contribution is -0.135. The average Bonchev–Trinajstić information content (AvgIpc) is 3.12. The Morgan fingerprint density at radius 1 is 1.41 bits per heavy atom. The first-order valence-electron chi connectivity index (χ1n) is 7.04. The Bertz CT molecular complexity index is 627. The number of hydrogen-bond acceptors (Lipinski definition) is 7. The van der Waals surface area contributed by atoms with Gasteiger partial charge in [0.1, 0.15) is 0 Å². The molecular weight excluding hydrogens is 290 g/mol. The van der Waals surface area contributed by atoms with E-state index in [9.17, 15) is 4.79 Å².